The lowest BCUT2D eigenvalue weighted by Gasteiger charge is -2.10. The van der Waals surface area contributed by atoms with Crippen molar-refractivity contribution < 1.29 is 14.3 Å². The molecule has 25 heavy (non-hydrogen) atoms. The predicted molar refractivity (Wildman–Crippen MR) is 102 cm³/mol. The molecular weight excluding hydrogens is 362 g/mol. The lowest BCUT2D eigenvalue weighted by Crippen LogP contribution is -2.28. The molecule has 2 rings (SSSR count). The largest absolute Gasteiger partial charge is 0.382 e. The SMILES string of the molecule is CCOCCCN=C1NC(=O)[C@H](CC(=O)Nc2cccc(Cl)c2C)S1. The summed E-state index contributed by atoms with van der Waals surface area (Å²) in [6, 6.07) is 5.32. The normalized spacial score (nSPS) is 18.4. The Morgan fingerprint density at radius 1 is 1.48 bits per heavy atom. The third-order valence-electron chi connectivity index (χ3n) is 3.60. The Morgan fingerprint density at radius 2 is 2.28 bits per heavy atom. The standard InChI is InChI=1S/C17H22ClN3O3S/c1-3-24-9-5-8-19-17-21-16(23)14(25-17)10-15(22)20-13-7-4-6-12(18)11(13)2/h4,6-7,14H,3,5,8-10H2,1-2H3,(H,20,22)(H,19,21,23)/t14-/m0/s1. The van der Waals surface area contributed by atoms with E-state index in [2.05, 4.69) is 15.6 Å². The Bertz CT molecular complexity index is 667. The van der Waals surface area contributed by atoms with Crippen molar-refractivity contribution in [3.05, 3.63) is 28.8 Å². The fourth-order valence-electron chi connectivity index (χ4n) is 2.22. The Labute approximate surface area is 156 Å². The lowest BCUT2D eigenvalue weighted by molar-refractivity contribution is -0.122. The van der Waals surface area contributed by atoms with Crippen LogP contribution in [-0.4, -0.2) is 42.0 Å². The summed E-state index contributed by atoms with van der Waals surface area (Å²) in [5.74, 6) is -0.415. The first kappa shape index (κ1) is 19.8. The number of benzene rings is 1. The lowest BCUT2D eigenvalue weighted by atomic mass is 10.2. The van der Waals surface area contributed by atoms with E-state index in [1.54, 1.807) is 18.2 Å². The van der Waals surface area contributed by atoms with Crippen molar-refractivity contribution >= 4 is 46.0 Å². The number of amidine groups is 1. The Hall–Kier alpha value is -1.57. The molecule has 0 unspecified atom stereocenters. The van der Waals surface area contributed by atoms with Crippen molar-refractivity contribution in [3.63, 3.8) is 0 Å². The van der Waals surface area contributed by atoms with Crippen molar-refractivity contribution in [2.75, 3.05) is 25.1 Å². The topological polar surface area (TPSA) is 79.8 Å². The molecule has 0 saturated carbocycles. The van der Waals surface area contributed by atoms with Crippen LogP contribution in [0.3, 0.4) is 0 Å². The molecule has 1 fully saturated rings. The molecule has 1 heterocycles. The van der Waals surface area contributed by atoms with Crippen molar-refractivity contribution in [1.29, 1.82) is 0 Å². The zero-order valence-corrected chi connectivity index (χ0v) is 15.9. The van der Waals surface area contributed by atoms with Crippen LogP contribution in [0.5, 0.6) is 0 Å². The van der Waals surface area contributed by atoms with Crippen molar-refractivity contribution in [1.82, 2.24) is 5.32 Å². The van der Waals surface area contributed by atoms with Gasteiger partial charge in [0.1, 0.15) is 5.25 Å². The van der Waals surface area contributed by atoms with E-state index >= 15 is 0 Å². The average Bonchev–Trinajstić information content (AvgIpc) is 2.91. The van der Waals surface area contributed by atoms with Crippen LogP contribution in [0, 0.1) is 6.92 Å². The molecule has 1 atom stereocenters. The Morgan fingerprint density at radius 3 is 3.04 bits per heavy atom. The highest BCUT2D eigenvalue weighted by Crippen LogP contribution is 2.25. The van der Waals surface area contributed by atoms with Crippen LogP contribution < -0.4 is 10.6 Å². The summed E-state index contributed by atoms with van der Waals surface area (Å²) in [4.78, 5) is 28.5. The number of ether oxygens (including phenoxy) is 1. The number of aliphatic imine (C=N–C) groups is 1. The molecular formula is C17H22ClN3O3S. The number of halogens is 1. The van der Waals surface area contributed by atoms with Gasteiger partial charge in [-0.1, -0.05) is 29.4 Å². The molecule has 0 aliphatic carbocycles. The average molecular weight is 384 g/mol. The molecule has 1 saturated heterocycles. The highest BCUT2D eigenvalue weighted by Gasteiger charge is 2.32. The maximum absolute atomic E-state index is 12.2. The molecule has 8 heteroatoms. The number of hydrogen-bond donors (Lipinski definition) is 2. The number of anilines is 1. The number of thioether (sulfide) groups is 1. The molecule has 136 valence electrons. The van der Waals surface area contributed by atoms with E-state index < -0.39 is 5.25 Å². The van der Waals surface area contributed by atoms with Gasteiger partial charge in [-0.25, -0.2) is 0 Å². The summed E-state index contributed by atoms with van der Waals surface area (Å²) in [5.41, 5.74) is 1.46. The first-order chi connectivity index (χ1) is 12.0. The van der Waals surface area contributed by atoms with Gasteiger partial charge in [-0.05, 0) is 38.0 Å². The highest BCUT2D eigenvalue weighted by atomic mass is 35.5. The van der Waals surface area contributed by atoms with Gasteiger partial charge in [-0.2, -0.15) is 0 Å². The second kappa shape index (κ2) is 9.79. The van der Waals surface area contributed by atoms with Crippen LogP contribution in [0.1, 0.15) is 25.3 Å². The van der Waals surface area contributed by atoms with Gasteiger partial charge in [0.2, 0.25) is 11.8 Å². The quantitative estimate of drug-likeness (QED) is 0.676. The minimum atomic E-state index is -0.467. The molecule has 2 N–H and O–H groups in total. The molecule has 0 aromatic heterocycles. The first-order valence-corrected chi connectivity index (χ1v) is 9.41. The highest BCUT2D eigenvalue weighted by molar-refractivity contribution is 8.15. The first-order valence-electron chi connectivity index (χ1n) is 8.16. The van der Waals surface area contributed by atoms with E-state index in [0.29, 0.717) is 35.6 Å². The third kappa shape index (κ3) is 6.02. The third-order valence-corrected chi connectivity index (χ3v) is 5.12. The minimum Gasteiger partial charge on any atom is -0.382 e. The van der Waals surface area contributed by atoms with E-state index in [0.717, 1.165) is 12.0 Å². The number of hydrogen-bond acceptors (Lipinski definition) is 5. The summed E-state index contributed by atoms with van der Waals surface area (Å²) in [5, 5.41) is 6.21. The van der Waals surface area contributed by atoms with Crippen LogP contribution >= 0.6 is 23.4 Å². The number of nitrogens with one attached hydrogen (secondary N) is 2. The summed E-state index contributed by atoms with van der Waals surface area (Å²) in [6.45, 7) is 5.70. The van der Waals surface area contributed by atoms with Gasteiger partial charge in [0.25, 0.3) is 0 Å². The summed E-state index contributed by atoms with van der Waals surface area (Å²) < 4.78 is 5.24. The molecule has 1 aromatic carbocycles. The fourth-order valence-corrected chi connectivity index (χ4v) is 3.39. The van der Waals surface area contributed by atoms with Crippen molar-refractivity contribution in [2.24, 2.45) is 4.99 Å². The maximum Gasteiger partial charge on any atom is 0.240 e. The predicted octanol–water partition coefficient (Wildman–Crippen LogP) is 2.99. The van der Waals surface area contributed by atoms with Crippen LogP contribution in [0.15, 0.2) is 23.2 Å². The molecule has 1 aliphatic rings. The summed E-state index contributed by atoms with van der Waals surface area (Å²) >= 11 is 7.34. The van der Waals surface area contributed by atoms with Gasteiger partial charge in [-0.15, -0.1) is 0 Å². The van der Waals surface area contributed by atoms with Crippen molar-refractivity contribution in [3.8, 4) is 0 Å². The van der Waals surface area contributed by atoms with Gasteiger partial charge in [0.05, 0.1) is 0 Å². The zero-order valence-electron chi connectivity index (χ0n) is 14.3. The fraction of sp³-hybridized carbons (Fsp3) is 0.471. The zero-order chi connectivity index (χ0) is 18.2. The van der Waals surface area contributed by atoms with Gasteiger partial charge in [-0.3, -0.25) is 14.6 Å². The molecule has 1 aliphatic heterocycles. The number of nitrogens with zero attached hydrogens (tertiary/aromatic N) is 1. The van der Waals surface area contributed by atoms with Crippen molar-refractivity contribution in [2.45, 2.75) is 31.9 Å². The minimum absolute atomic E-state index is 0.0837. The van der Waals surface area contributed by atoms with Crippen LogP contribution in [0.2, 0.25) is 5.02 Å². The van der Waals surface area contributed by atoms with E-state index in [1.807, 2.05) is 13.8 Å². The summed E-state index contributed by atoms with van der Waals surface area (Å²) in [7, 11) is 0. The smallest absolute Gasteiger partial charge is 0.240 e. The molecule has 6 nitrogen and oxygen atoms in total. The number of amides is 2. The van der Waals surface area contributed by atoms with Gasteiger partial charge in [0.15, 0.2) is 5.17 Å². The molecule has 0 radical (unpaired) electrons. The molecule has 2 amide bonds. The van der Waals surface area contributed by atoms with Crippen LogP contribution in [-0.2, 0) is 14.3 Å². The molecule has 0 bridgehead atoms. The number of carbonyl (C=O) groups excluding carboxylic acids is 2. The second-order valence-corrected chi connectivity index (χ2v) is 7.10. The van der Waals surface area contributed by atoms with Gasteiger partial charge in [0, 0.05) is 36.9 Å². The van der Waals surface area contributed by atoms with E-state index in [4.69, 9.17) is 16.3 Å². The Balaban J connectivity index is 1.83. The van der Waals surface area contributed by atoms with E-state index in [1.165, 1.54) is 11.8 Å². The van der Waals surface area contributed by atoms with Gasteiger partial charge < -0.3 is 15.4 Å². The number of carbonyl (C=O) groups is 2. The van der Waals surface area contributed by atoms with Crippen LogP contribution in [0.25, 0.3) is 0 Å². The number of rotatable bonds is 8. The second-order valence-electron chi connectivity index (χ2n) is 5.50. The Kier molecular flexibility index (Phi) is 7.74. The van der Waals surface area contributed by atoms with E-state index in [-0.39, 0.29) is 18.2 Å². The van der Waals surface area contributed by atoms with Crippen LogP contribution in [0.4, 0.5) is 5.69 Å². The monoisotopic (exact) mass is 383 g/mol. The summed E-state index contributed by atoms with van der Waals surface area (Å²) in [6.07, 6.45) is 0.882. The van der Waals surface area contributed by atoms with E-state index in [9.17, 15) is 9.59 Å². The molecule has 1 aromatic rings. The van der Waals surface area contributed by atoms with Gasteiger partial charge >= 0.3 is 0 Å². The molecule has 0 spiro atoms. The maximum atomic E-state index is 12.2.